The first-order chi connectivity index (χ1) is 33.2. The molecular formula is C64H42N2O. The highest BCUT2D eigenvalue weighted by molar-refractivity contribution is 6.11. The molecule has 0 bridgehead atoms. The topological polar surface area (TPSA) is 21.3 Å². The summed E-state index contributed by atoms with van der Waals surface area (Å²) in [5.41, 5.74) is 17.7. The number of furan rings is 1. The van der Waals surface area contributed by atoms with Crippen molar-refractivity contribution in [3.63, 3.8) is 0 Å². The molecule has 13 rings (SSSR count). The van der Waals surface area contributed by atoms with Crippen LogP contribution in [0.4, 0.5) is 17.1 Å². The molecule has 314 valence electrons. The molecule has 0 aliphatic heterocycles. The molecule has 0 aliphatic rings. The van der Waals surface area contributed by atoms with E-state index < -0.39 is 0 Å². The van der Waals surface area contributed by atoms with Gasteiger partial charge in [0.2, 0.25) is 0 Å². The van der Waals surface area contributed by atoms with Crippen LogP contribution in [0.25, 0.3) is 105 Å². The first-order valence-electron chi connectivity index (χ1n) is 22.9. The van der Waals surface area contributed by atoms with Crippen molar-refractivity contribution < 1.29 is 4.42 Å². The van der Waals surface area contributed by atoms with Crippen LogP contribution >= 0.6 is 0 Å². The molecule has 0 unspecified atom stereocenters. The van der Waals surface area contributed by atoms with Crippen LogP contribution in [0.5, 0.6) is 0 Å². The standard InChI is InChI=1S/C64H42N2O/c1-2-15-46-40-48(31-30-43(46)14-1)45-34-38-52(39-35-45)65(53-19-12-18-50(42-53)55-24-13-25-59-58-23-6-10-29-63(58)67-64(55)59)51-36-32-44(33-37-51)47-16-11-17-49(41-47)54-20-3-7-26-60(54)66-61-27-8-4-21-56(61)57-22-5-9-28-62(57)66/h1-42H. The van der Waals surface area contributed by atoms with Gasteiger partial charge in [0.1, 0.15) is 11.2 Å². The van der Waals surface area contributed by atoms with Crippen LogP contribution in [0.1, 0.15) is 0 Å². The molecule has 0 saturated heterocycles. The fourth-order valence-electron chi connectivity index (χ4n) is 10.2. The van der Waals surface area contributed by atoms with Crippen molar-refractivity contribution >= 4 is 71.6 Å². The lowest BCUT2D eigenvalue weighted by Gasteiger charge is -2.26. The lowest BCUT2D eigenvalue weighted by Crippen LogP contribution is -2.10. The Morgan fingerprint density at radius 3 is 1.57 bits per heavy atom. The minimum Gasteiger partial charge on any atom is -0.455 e. The number of hydrogen-bond acceptors (Lipinski definition) is 2. The Balaban J connectivity index is 0.892. The maximum absolute atomic E-state index is 6.53. The molecule has 2 heterocycles. The number of aromatic nitrogens is 1. The first-order valence-corrected chi connectivity index (χ1v) is 22.9. The molecule has 0 fully saturated rings. The number of nitrogens with zero attached hydrogens (tertiary/aromatic N) is 2. The van der Waals surface area contributed by atoms with Crippen molar-refractivity contribution in [1.29, 1.82) is 0 Å². The van der Waals surface area contributed by atoms with E-state index in [1.54, 1.807) is 0 Å². The van der Waals surface area contributed by atoms with Crippen molar-refractivity contribution in [2.75, 3.05) is 4.90 Å². The van der Waals surface area contributed by atoms with E-state index >= 15 is 0 Å². The maximum atomic E-state index is 6.53. The van der Waals surface area contributed by atoms with Gasteiger partial charge in [-0.25, -0.2) is 0 Å². The molecule has 3 nitrogen and oxygen atoms in total. The summed E-state index contributed by atoms with van der Waals surface area (Å²) in [6.45, 7) is 0. The third-order valence-corrected chi connectivity index (χ3v) is 13.4. The Morgan fingerprint density at radius 1 is 0.299 bits per heavy atom. The number of rotatable bonds is 8. The molecule has 2 aromatic heterocycles. The zero-order valence-corrected chi connectivity index (χ0v) is 36.6. The average molecular weight is 855 g/mol. The summed E-state index contributed by atoms with van der Waals surface area (Å²) in [4.78, 5) is 2.36. The number of anilines is 3. The smallest absolute Gasteiger partial charge is 0.143 e. The summed E-state index contributed by atoms with van der Waals surface area (Å²) in [6, 6.07) is 91.9. The van der Waals surface area contributed by atoms with Gasteiger partial charge in [-0.1, -0.05) is 182 Å². The number of hydrogen-bond donors (Lipinski definition) is 0. The maximum Gasteiger partial charge on any atom is 0.143 e. The Hall–Kier alpha value is -8.92. The molecule has 11 aromatic carbocycles. The molecule has 67 heavy (non-hydrogen) atoms. The fraction of sp³-hybridized carbons (Fsp3) is 0. The normalized spacial score (nSPS) is 11.6. The summed E-state index contributed by atoms with van der Waals surface area (Å²) >= 11 is 0. The number of para-hydroxylation sites is 5. The molecule has 0 radical (unpaired) electrons. The molecule has 0 amide bonds. The van der Waals surface area contributed by atoms with Gasteiger partial charge < -0.3 is 13.9 Å². The third-order valence-electron chi connectivity index (χ3n) is 13.4. The Bertz CT molecular complexity index is 3930. The highest BCUT2D eigenvalue weighted by Gasteiger charge is 2.19. The van der Waals surface area contributed by atoms with Crippen LogP contribution in [0.2, 0.25) is 0 Å². The minimum absolute atomic E-state index is 0.896. The Labute approximate surface area is 388 Å². The van der Waals surface area contributed by atoms with Crippen LogP contribution in [0.3, 0.4) is 0 Å². The lowest BCUT2D eigenvalue weighted by atomic mass is 9.97. The van der Waals surface area contributed by atoms with Crippen LogP contribution in [-0.2, 0) is 0 Å². The predicted molar refractivity (Wildman–Crippen MR) is 282 cm³/mol. The van der Waals surface area contributed by atoms with Crippen molar-refractivity contribution in [3.8, 4) is 50.2 Å². The van der Waals surface area contributed by atoms with E-state index in [0.717, 1.165) is 66.9 Å². The largest absolute Gasteiger partial charge is 0.455 e. The van der Waals surface area contributed by atoms with E-state index in [0.29, 0.717) is 0 Å². The van der Waals surface area contributed by atoms with Crippen LogP contribution in [0.15, 0.2) is 259 Å². The van der Waals surface area contributed by atoms with Gasteiger partial charge in [-0.3, -0.25) is 0 Å². The van der Waals surface area contributed by atoms with Gasteiger partial charge in [0.15, 0.2) is 0 Å². The van der Waals surface area contributed by atoms with Crippen LogP contribution < -0.4 is 4.90 Å². The van der Waals surface area contributed by atoms with Crippen LogP contribution in [-0.4, -0.2) is 4.57 Å². The average Bonchev–Trinajstić information content (AvgIpc) is 3.95. The summed E-state index contributed by atoms with van der Waals surface area (Å²) in [7, 11) is 0. The second-order valence-corrected chi connectivity index (χ2v) is 17.3. The monoisotopic (exact) mass is 854 g/mol. The van der Waals surface area contributed by atoms with Crippen molar-refractivity contribution in [2.45, 2.75) is 0 Å². The van der Waals surface area contributed by atoms with Crippen LogP contribution in [0, 0.1) is 0 Å². The fourth-order valence-corrected chi connectivity index (χ4v) is 10.2. The van der Waals surface area contributed by atoms with E-state index in [2.05, 4.69) is 252 Å². The lowest BCUT2D eigenvalue weighted by molar-refractivity contribution is 0.670. The van der Waals surface area contributed by atoms with Gasteiger partial charge in [0.25, 0.3) is 0 Å². The molecule has 0 aliphatic carbocycles. The number of fused-ring (bicyclic) bond motifs is 7. The molecular weight excluding hydrogens is 813 g/mol. The highest BCUT2D eigenvalue weighted by atomic mass is 16.3. The van der Waals surface area contributed by atoms with E-state index in [9.17, 15) is 0 Å². The van der Waals surface area contributed by atoms with E-state index in [1.165, 1.54) is 54.8 Å². The molecule has 13 aromatic rings. The van der Waals surface area contributed by atoms with Gasteiger partial charge in [-0.05, 0) is 117 Å². The van der Waals surface area contributed by atoms with Crippen molar-refractivity contribution in [2.24, 2.45) is 0 Å². The molecule has 0 N–H and O–H groups in total. The van der Waals surface area contributed by atoms with Crippen molar-refractivity contribution in [3.05, 3.63) is 255 Å². The summed E-state index contributed by atoms with van der Waals surface area (Å²) in [5.74, 6) is 0. The van der Waals surface area contributed by atoms with E-state index in [1.807, 2.05) is 12.1 Å². The SMILES string of the molecule is c1cc(-c2ccc(N(c3ccc(-c4ccc5ccccc5c4)cc3)c3cccc(-c4cccc5c4oc4ccccc45)c3)cc2)cc(-c2ccccc2-n2c3ccccc3c3ccccc32)c1. The minimum atomic E-state index is 0.896. The predicted octanol–water partition coefficient (Wildman–Crippen LogP) is 18.0. The van der Waals surface area contributed by atoms with Gasteiger partial charge >= 0.3 is 0 Å². The van der Waals surface area contributed by atoms with E-state index in [-0.39, 0.29) is 0 Å². The quantitative estimate of drug-likeness (QED) is 0.152. The zero-order valence-electron chi connectivity index (χ0n) is 36.6. The Kier molecular flexibility index (Phi) is 9.17. The first kappa shape index (κ1) is 38.5. The van der Waals surface area contributed by atoms with Gasteiger partial charge in [0.05, 0.1) is 16.7 Å². The molecule has 0 saturated carbocycles. The van der Waals surface area contributed by atoms with Gasteiger partial charge in [-0.15, -0.1) is 0 Å². The summed E-state index contributed by atoms with van der Waals surface area (Å²) < 4.78 is 8.94. The Morgan fingerprint density at radius 2 is 0.821 bits per heavy atom. The molecule has 3 heteroatoms. The number of benzene rings is 11. The third kappa shape index (κ3) is 6.67. The highest BCUT2D eigenvalue weighted by Crippen LogP contribution is 2.42. The molecule has 0 spiro atoms. The summed E-state index contributed by atoms with van der Waals surface area (Å²) in [5, 5.41) is 7.24. The summed E-state index contributed by atoms with van der Waals surface area (Å²) in [6.07, 6.45) is 0. The van der Waals surface area contributed by atoms with E-state index in [4.69, 9.17) is 4.42 Å². The van der Waals surface area contributed by atoms with Gasteiger partial charge in [-0.2, -0.15) is 0 Å². The second kappa shape index (κ2) is 16.0. The second-order valence-electron chi connectivity index (χ2n) is 17.3. The van der Waals surface area contributed by atoms with Gasteiger partial charge in [0, 0.05) is 49.7 Å². The zero-order chi connectivity index (χ0) is 44.3. The van der Waals surface area contributed by atoms with Crippen molar-refractivity contribution in [1.82, 2.24) is 4.57 Å². The molecule has 0 atom stereocenters.